The Kier molecular flexibility index (Phi) is 3.63. The molecule has 0 fully saturated rings. The van der Waals surface area contributed by atoms with E-state index in [0.29, 0.717) is 11.6 Å². The first-order valence-corrected chi connectivity index (χ1v) is 4.57. The number of hydrogen-bond acceptors (Lipinski definition) is 1. The summed E-state index contributed by atoms with van der Waals surface area (Å²) in [5.74, 6) is 0.792. The molecule has 0 aliphatic heterocycles. The summed E-state index contributed by atoms with van der Waals surface area (Å²) in [7, 11) is 0. The van der Waals surface area contributed by atoms with Crippen molar-refractivity contribution in [2.24, 2.45) is 0 Å². The molecule has 1 aromatic rings. The second-order valence-electron chi connectivity index (χ2n) is 2.26. The lowest BCUT2D eigenvalue weighted by molar-refractivity contribution is 0.361. The van der Waals surface area contributed by atoms with Crippen LogP contribution in [0.25, 0.3) is 0 Å². The minimum Gasteiger partial charge on any atom is -0.488 e. The van der Waals surface area contributed by atoms with Gasteiger partial charge in [0, 0.05) is 9.51 Å². The standard InChI is InChI=1S/C9H8BrClO/c1-7(10)6-12-9-4-2-8(11)3-5-9/h2-5H,1,6H2. The molecule has 1 nitrogen and oxygen atoms in total. The number of halogens is 2. The molecule has 12 heavy (non-hydrogen) atoms. The summed E-state index contributed by atoms with van der Waals surface area (Å²) >= 11 is 8.89. The molecule has 0 aliphatic rings. The second-order valence-corrected chi connectivity index (χ2v) is 3.82. The Morgan fingerprint density at radius 3 is 2.50 bits per heavy atom. The molecule has 3 heteroatoms. The maximum absolute atomic E-state index is 5.69. The van der Waals surface area contributed by atoms with Crippen LogP contribution in [0.15, 0.2) is 35.3 Å². The van der Waals surface area contributed by atoms with E-state index in [9.17, 15) is 0 Å². The van der Waals surface area contributed by atoms with Crippen LogP contribution < -0.4 is 4.74 Å². The monoisotopic (exact) mass is 246 g/mol. The van der Waals surface area contributed by atoms with Gasteiger partial charge in [0.25, 0.3) is 0 Å². The first-order chi connectivity index (χ1) is 5.68. The van der Waals surface area contributed by atoms with Crippen LogP contribution in [-0.2, 0) is 0 Å². The molecule has 0 heterocycles. The molecule has 1 rings (SSSR count). The lowest BCUT2D eigenvalue weighted by Crippen LogP contribution is -1.95. The van der Waals surface area contributed by atoms with E-state index >= 15 is 0 Å². The van der Waals surface area contributed by atoms with Crippen molar-refractivity contribution < 1.29 is 4.74 Å². The van der Waals surface area contributed by atoms with Gasteiger partial charge in [-0.1, -0.05) is 34.1 Å². The molecular formula is C9H8BrClO. The van der Waals surface area contributed by atoms with Crippen LogP contribution in [0.4, 0.5) is 0 Å². The van der Waals surface area contributed by atoms with Crippen molar-refractivity contribution in [3.05, 3.63) is 40.3 Å². The van der Waals surface area contributed by atoms with Crippen LogP contribution in [0.1, 0.15) is 0 Å². The normalized spacial score (nSPS) is 9.50. The first kappa shape index (κ1) is 9.62. The van der Waals surface area contributed by atoms with Crippen LogP contribution in [0.3, 0.4) is 0 Å². The quantitative estimate of drug-likeness (QED) is 0.792. The Hall–Kier alpha value is -0.470. The van der Waals surface area contributed by atoms with E-state index in [1.807, 2.05) is 12.1 Å². The molecule has 0 unspecified atom stereocenters. The van der Waals surface area contributed by atoms with Gasteiger partial charge in [-0.3, -0.25) is 0 Å². The van der Waals surface area contributed by atoms with Gasteiger partial charge in [-0.05, 0) is 24.3 Å². The third kappa shape index (κ3) is 3.28. The van der Waals surface area contributed by atoms with Crippen molar-refractivity contribution in [2.75, 3.05) is 6.61 Å². The zero-order chi connectivity index (χ0) is 8.97. The maximum Gasteiger partial charge on any atom is 0.119 e. The SMILES string of the molecule is C=C(Br)COc1ccc(Cl)cc1. The molecule has 1 aromatic carbocycles. The topological polar surface area (TPSA) is 9.23 Å². The van der Waals surface area contributed by atoms with E-state index in [2.05, 4.69) is 22.5 Å². The van der Waals surface area contributed by atoms with Crippen LogP contribution in [-0.4, -0.2) is 6.61 Å². The number of rotatable bonds is 3. The highest BCUT2D eigenvalue weighted by Crippen LogP contribution is 2.16. The van der Waals surface area contributed by atoms with Gasteiger partial charge in [-0.25, -0.2) is 0 Å². The average Bonchev–Trinajstić information content (AvgIpc) is 2.03. The fourth-order valence-corrected chi connectivity index (χ4v) is 0.933. The van der Waals surface area contributed by atoms with Gasteiger partial charge < -0.3 is 4.74 Å². The van der Waals surface area contributed by atoms with Gasteiger partial charge in [-0.15, -0.1) is 0 Å². The molecule has 0 amide bonds. The van der Waals surface area contributed by atoms with Crippen LogP contribution in [0, 0.1) is 0 Å². The second kappa shape index (κ2) is 4.53. The van der Waals surface area contributed by atoms with Crippen molar-refractivity contribution in [3.63, 3.8) is 0 Å². The minimum atomic E-state index is 0.474. The van der Waals surface area contributed by atoms with Crippen molar-refractivity contribution >= 4 is 27.5 Å². The van der Waals surface area contributed by atoms with Crippen LogP contribution in [0.5, 0.6) is 5.75 Å². The zero-order valence-electron chi connectivity index (χ0n) is 6.39. The minimum absolute atomic E-state index is 0.474. The predicted octanol–water partition coefficient (Wildman–Crippen LogP) is 3.63. The van der Waals surface area contributed by atoms with E-state index in [-0.39, 0.29) is 0 Å². The molecule has 0 atom stereocenters. The molecule has 0 radical (unpaired) electrons. The van der Waals surface area contributed by atoms with E-state index in [1.54, 1.807) is 12.1 Å². The smallest absolute Gasteiger partial charge is 0.119 e. The molecule has 64 valence electrons. The largest absolute Gasteiger partial charge is 0.488 e. The van der Waals surface area contributed by atoms with Gasteiger partial charge in [0.1, 0.15) is 12.4 Å². The number of hydrogen-bond donors (Lipinski definition) is 0. The van der Waals surface area contributed by atoms with Crippen molar-refractivity contribution in [3.8, 4) is 5.75 Å². The summed E-state index contributed by atoms with van der Waals surface area (Å²) in [6, 6.07) is 7.21. The molecule has 0 saturated heterocycles. The Labute approximate surface area is 85.1 Å². The lowest BCUT2D eigenvalue weighted by Gasteiger charge is -2.03. The Bertz CT molecular complexity index is 268. The maximum atomic E-state index is 5.69. The first-order valence-electron chi connectivity index (χ1n) is 3.40. The molecule has 0 saturated carbocycles. The van der Waals surface area contributed by atoms with E-state index < -0.39 is 0 Å². The van der Waals surface area contributed by atoms with Gasteiger partial charge in [-0.2, -0.15) is 0 Å². The van der Waals surface area contributed by atoms with Gasteiger partial charge in [0.15, 0.2) is 0 Å². The summed E-state index contributed by atoms with van der Waals surface area (Å²) in [4.78, 5) is 0. The number of ether oxygens (including phenoxy) is 1. The molecular weight excluding hydrogens is 239 g/mol. The van der Waals surface area contributed by atoms with E-state index in [1.165, 1.54) is 0 Å². The third-order valence-electron chi connectivity index (χ3n) is 1.21. The Morgan fingerprint density at radius 2 is 2.00 bits per heavy atom. The van der Waals surface area contributed by atoms with Gasteiger partial charge in [0.2, 0.25) is 0 Å². The molecule has 0 aliphatic carbocycles. The summed E-state index contributed by atoms with van der Waals surface area (Å²) in [5, 5.41) is 0.708. The van der Waals surface area contributed by atoms with Crippen molar-refractivity contribution in [2.45, 2.75) is 0 Å². The predicted molar refractivity (Wildman–Crippen MR) is 55.0 cm³/mol. The summed E-state index contributed by atoms with van der Waals surface area (Å²) < 4.78 is 6.13. The van der Waals surface area contributed by atoms with Gasteiger partial charge >= 0.3 is 0 Å². The average molecular weight is 248 g/mol. The lowest BCUT2D eigenvalue weighted by atomic mass is 10.3. The highest BCUT2D eigenvalue weighted by atomic mass is 79.9. The van der Waals surface area contributed by atoms with Crippen LogP contribution >= 0.6 is 27.5 Å². The summed E-state index contributed by atoms with van der Waals surface area (Å²) in [6.07, 6.45) is 0. The fraction of sp³-hybridized carbons (Fsp3) is 0.111. The van der Waals surface area contributed by atoms with Crippen molar-refractivity contribution in [1.29, 1.82) is 0 Å². The summed E-state index contributed by atoms with van der Waals surface area (Å²) in [6.45, 7) is 4.13. The molecule has 0 spiro atoms. The molecule has 0 aromatic heterocycles. The van der Waals surface area contributed by atoms with E-state index in [0.717, 1.165) is 10.2 Å². The Morgan fingerprint density at radius 1 is 1.42 bits per heavy atom. The van der Waals surface area contributed by atoms with Crippen LogP contribution in [0.2, 0.25) is 5.02 Å². The van der Waals surface area contributed by atoms with Crippen molar-refractivity contribution in [1.82, 2.24) is 0 Å². The molecule has 0 bridgehead atoms. The fourth-order valence-electron chi connectivity index (χ4n) is 0.692. The zero-order valence-corrected chi connectivity index (χ0v) is 8.73. The summed E-state index contributed by atoms with van der Waals surface area (Å²) in [5.41, 5.74) is 0. The van der Waals surface area contributed by atoms with Gasteiger partial charge in [0.05, 0.1) is 0 Å². The third-order valence-corrected chi connectivity index (χ3v) is 1.69. The highest BCUT2D eigenvalue weighted by Gasteiger charge is 1.93. The van der Waals surface area contributed by atoms with E-state index in [4.69, 9.17) is 16.3 Å². The number of benzene rings is 1. The Balaban J connectivity index is 2.53. The highest BCUT2D eigenvalue weighted by molar-refractivity contribution is 9.11. The molecule has 0 N–H and O–H groups in total.